The molecular weight excluding hydrogens is 244 g/mol. The van der Waals surface area contributed by atoms with Crippen molar-refractivity contribution in [2.24, 2.45) is 11.8 Å². The number of ether oxygens (including phenoxy) is 1. The Morgan fingerprint density at radius 1 is 0.850 bits per heavy atom. The Labute approximate surface area is 122 Å². The van der Waals surface area contributed by atoms with E-state index in [1.807, 2.05) is 0 Å². The molecule has 0 radical (unpaired) electrons. The van der Waals surface area contributed by atoms with Crippen LogP contribution in [0.15, 0.2) is 42.0 Å². The van der Waals surface area contributed by atoms with E-state index in [4.69, 9.17) is 4.74 Å². The lowest BCUT2D eigenvalue weighted by atomic mass is 9.68. The molecule has 1 heterocycles. The van der Waals surface area contributed by atoms with E-state index in [0.717, 1.165) is 5.92 Å². The summed E-state index contributed by atoms with van der Waals surface area (Å²) in [5.74, 6) is 1.37. The molecule has 0 aromatic heterocycles. The highest BCUT2D eigenvalue weighted by Gasteiger charge is 2.43. The van der Waals surface area contributed by atoms with Crippen LogP contribution in [0.4, 0.5) is 0 Å². The molecule has 1 aromatic carbocycles. The third-order valence-electron chi connectivity index (χ3n) is 5.47. The fourth-order valence-corrected chi connectivity index (χ4v) is 4.55. The second-order valence-electron chi connectivity index (χ2n) is 6.64. The predicted molar refractivity (Wildman–Crippen MR) is 81.4 cm³/mol. The van der Waals surface area contributed by atoms with E-state index in [1.165, 1.54) is 50.5 Å². The standard InChI is InChI=1S/C19H24O/c1-2-8-14(9-3-1)19-17-12-5-4-10-15(17)16-11-6-7-13-18(16)20-19/h1-3,8-10,16-19H,4-7,11-13H2/t16-,17-,18+,19+/m1/s1. The Hall–Kier alpha value is -1.08. The van der Waals surface area contributed by atoms with Gasteiger partial charge in [0, 0.05) is 11.8 Å². The zero-order valence-electron chi connectivity index (χ0n) is 12.1. The minimum atomic E-state index is 0.307. The van der Waals surface area contributed by atoms with Crippen LogP contribution in [0.25, 0.3) is 0 Å². The van der Waals surface area contributed by atoms with Gasteiger partial charge in [-0.1, -0.05) is 54.8 Å². The maximum absolute atomic E-state index is 6.61. The van der Waals surface area contributed by atoms with E-state index in [1.54, 1.807) is 5.57 Å². The second-order valence-corrected chi connectivity index (χ2v) is 6.64. The molecule has 1 aliphatic heterocycles. The van der Waals surface area contributed by atoms with Crippen LogP contribution in [0.2, 0.25) is 0 Å². The van der Waals surface area contributed by atoms with Gasteiger partial charge in [0.1, 0.15) is 0 Å². The zero-order valence-corrected chi connectivity index (χ0v) is 12.1. The van der Waals surface area contributed by atoms with E-state index in [2.05, 4.69) is 36.4 Å². The van der Waals surface area contributed by atoms with Crippen LogP contribution in [0.5, 0.6) is 0 Å². The molecule has 0 spiro atoms. The van der Waals surface area contributed by atoms with Crippen LogP contribution in [0.1, 0.15) is 56.6 Å². The Morgan fingerprint density at radius 3 is 2.55 bits per heavy atom. The third-order valence-corrected chi connectivity index (χ3v) is 5.47. The molecule has 4 atom stereocenters. The molecule has 4 rings (SSSR count). The summed E-state index contributed by atoms with van der Waals surface area (Å²) in [5, 5.41) is 0. The average Bonchev–Trinajstić information content (AvgIpc) is 2.55. The van der Waals surface area contributed by atoms with Gasteiger partial charge in [-0.2, -0.15) is 0 Å². The summed E-state index contributed by atoms with van der Waals surface area (Å²) in [6.07, 6.45) is 12.6. The van der Waals surface area contributed by atoms with Crippen LogP contribution in [-0.2, 0) is 4.74 Å². The van der Waals surface area contributed by atoms with Gasteiger partial charge in [-0.05, 0) is 37.7 Å². The molecule has 1 aromatic rings. The van der Waals surface area contributed by atoms with Gasteiger partial charge in [-0.25, -0.2) is 0 Å². The zero-order chi connectivity index (χ0) is 13.4. The lowest BCUT2D eigenvalue weighted by Gasteiger charge is -2.47. The minimum Gasteiger partial charge on any atom is -0.369 e. The lowest BCUT2D eigenvalue weighted by Crippen LogP contribution is -2.41. The molecular formula is C19H24O. The van der Waals surface area contributed by atoms with Crippen molar-refractivity contribution in [2.75, 3.05) is 0 Å². The monoisotopic (exact) mass is 268 g/mol. The van der Waals surface area contributed by atoms with Gasteiger partial charge in [0.15, 0.2) is 0 Å². The first-order valence-electron chi connectivity index (χ1n) is 8.34. The molecule has 3 aliphatic rings. The molecule has 1 saturated carbocycles. The number of allylic oxidation sites excluding steroid dienone is 1. The SMILES string of the molecule is C1=C2[C@H]3CCCC[C@@H]3O[C@@H](c3ccccc3)[C@@H]2CCC1. The Bertz CT molecular complexity index is 490. The highest BCUT2D eigenvalue weighted by molar-refractivity contribution is 5.27. The summed E-state index contributed by atoms with van der Waals surface area (Å²) < 4.78 is 6.61. The Balaban J connectivity index is 1.70. The molecule has 20 heavy (non-hydrogen) atoms. The summed E-state index contributed by atoms with van der Waals surface area (Å²) in [5.41, 5.74) is 3.13. The van der Waals surface area contributed by atoms with Crippen molar-refractivity contribution < 1.29 is 4.74 Å². The first kappa shape index (κ1) is 12.6. The van der Waals surface area contributed by atoms with Crippen LogP contribution in [-0.4, -0.2) is 6.10 Å². The largest absolute Gasteiger partial charge is 0.369 e. The molecule has 1 heteroatoms. The van der Waals surface area contributed by atoms with E-state index in [0.29, 0.717) is 18.1 Å². The predicted octanol–water partition coefficient (Wildman–Crippen LogP) is 5.04. The maximum Gasteiger partial charge on any atom is 0.0894 e. The highest BCUT2D eigenvalue weighted by atomic mass is 16.5. The van der Waals surface area contributed by atoms with Gasteiger partial charge in [0.25, 0.3) is 0 Å². The fraction of sp³-hybridized carbons (Fsp3) is 0.579. The quantitative estimate of drug-likeness (QED) is 0.648. The number of rotatable bonds is 1. The molecule has 1 saturated heterocycles. The summed E-state index contributed by atoms with van der Waals surface area (Å²) >= 11 is 0. The van der Waals surface area contributed by atoms with Crippen molar-refractivity contribution in [3.05, 3.63) is 47.5 Å². The van der Waals surface area contributed by atoms with Crippen LogP contribution >= 0.6 is 0 Å². The average molecular weight is 268 g/mol. The molecule has 0 amide bonds. The second kappa shape index (κ2) is 5.37. The summed E-state index contributed by atoms with van der Waals surface area (Å²) in [7, 11) is 0. The van der Waals surface area contributed by atoms with Gasteiger partial charge in [-0.15, -0.1) is 0 Å². The van der Waals surface area contributed by atoms with Gasteiger partial charge in [-0.3, -0.25) is 0 Å². The Kier molecular flexibility index (Phi) is 3.39. The van der Waals surface area contributed by atoms with E-state index >= 15 is 0 Å². The minimum absolute atomic E-state index is 0.307. The fourth-order valence-electron chi connectivity index (χ4n) is 4.55. The first-order valence-corrected chi connectivity index (χ1v) is 8.34. The van der Waals surface area contributed by atoms with Crippen molar-refractivity contribution in [1.82, 2.24) is 0 Å². The summed E-state index contributed by atoms with van der Waals surface area (Å²) in [6, 6.07) is 10.9. The summed E-state index contributed by atoms with van der Waals surface area (Å²) in [6.45, 7) is 0. The molecule has 2 fully saturated rings. The Morgan fingerprint density at radius 2 is 1.65 bits per heavy atom. The molecule has 0 N–H and O–H groups in total. The third kappa shape index (κ3) is 2.13. The molecule has 106 valence electrons. The lowest BCUT2D eigenvalue weighted by molar-refractivity contribution is -0.106. The van der Waals surface area contributed by atoms with E-state index < -0.39 is 0 Å². The smallest absolute Gasteiger partial charge is 0.0894 e. The van der Waals surface area contributed by atoms with Gasteiger partial charge in [0.05, 0.1) is 12.2 Å². The van der Waals surface area contributed by atoms with Gasteiger partial charge in [0.2, 0.25) is 0 Å². The number of hydrogen-bond donors (Lipinski definition) is 0. The molecule has 0 bridgehead atoms. The first-order chi connectivity index (χ1) is 9.93. The molecule has 1 nitrogen and oxygen atoms in total. The maximum atomic E-state index is 6.61. The van der Waals surface area contributed by atoms with Crippen molar-refractivity contribution in [3.8, 4) is 0 Å². The van der Waals surface area contributed by atoms with Crippen molar-refractivity contribution in [2.45, 2.75) is 57.2 Å². The van der Waals surface area contributed by atoms with E-state index in [9.17, 15) is 0 Å². The van der Waals surface area contributed by atoms with Crippen molar-refractivity contribution >= 4 is 0 Å². The van der Waals surface area contributed by atoms with Crippen LogP contribution in [0, 0.1) is 11.8 Å². The van der Waals surface area contributed by atoms with Crippen molar-refractivity contribution in [3.63, 3.8) is 0 Å². The van der Waals surface area contributed by atoms with Crippen LogP contribution in [0.3, 0.4) is 0 Å². The number of hydrogen-bond acceptors (Lipinski definition) is 1. The van der Waals surface area contributed by atoms with Crippen molar-refractivity contribution in [1.29, 1.82) is 0 Å². The number of benzene rings is 1. The highest BCUT2D eigenvalue weighted by Crippen LogP contribution is 2.50. The summed E-state index contributed by atoms with van der Waals surface area (Å²) in [4.78, 5) is 0. The number of fused-ring (bicyclic) bond motifs is 3. The van der Waals surface area contributed by atoms with Gasteiger partial charge < -0.3 is 4.74 Å². The van der Waals surface area contributed by atoms with Crippen LogP contribution < -0.4 is 0 Å². The molecule has 2 aliphatic carbocycles. The van der Waals surface area contributed by atoms with Gasteiger partial charge >= 0.3 is 0 Å². The topological polar surface area (TPSA) is 9.23 Å². The van der Waals surface area contributed by atoms with E-state index in [-0.39, 0.29) is 0 Å². The molecule has 0 unspecified atom stereocenters. The normalized spacial score (nSPS) is 36.7.